The third kappa shape index (κ3) is 5.18. The molecule has 0 amide bonds. The maximum atomic E-state index is 9.76. The third-order valence-electron chi connectivity index (χ3n) is 2.08. The minimum atomic E-state index is -0.630. The Balaban J connectivity index is 0.000000162. The van der Waals surface area contributed by atoms with E-state index in [0.717, 1.165) is 12.8 Å². The lowest BCUT2D eigenvalue weighted by Gasteiger charge is -1.95. The highest BCUT2D eigenvalue weighted by atomic mass is 16.5. The summed E-state index contributed by atoms with van der Waals surface area (Å²) in [5, 5.41) is 8.05. The molecule has 1 aromatic carbocycles. The Morgan fingerprint density at radius 3 is 2.33 bits per heavy atom. The highest BCUT2D eigenvalue weighted by Gasteiger charge is 2.28. The van der Waals surface area contributed by atoms with Gasteiger partial charge in [-0.2, -0.15) is 0 Å². The molecule has 0 radical (unpaired) electrons. The summed E-state index contributed by atoms with van der Waals surface area (Å²) in [5.41, 5.74) is 1.22. The first-order valence-corrected chi connectivity index (χ1v) is 4.99. The number of benzene rings is 1. The summed E-state index contributed by atoms with van der Waals surface area (Å²) in [4.78, 5) is 9.76. The molecule has 1 aromatic rings. The van der Waals surface area contributed by atoms with Crippen LogP contribution in [-0.2, 0) is 16.1 Å². The summed E-state index contributed by atoms with van der Waals surface area (Å²) in [5.74, 6) is -0.611. The Labute approximate surface area is 89.7 Å². The number of hydrogen-bond donors (Lipinski definition) is 1. The number of methoxy groups -OCH3 is 1. The first kappa shape index (κ1) is 11.7. The van der Waals surface area contributed by atoms with Crippen LogP contribution in [0, 0.1) is 5.92 Å². The maximum Gasteiger partial charge on any atom is 0.306 e. The Bertz CT molecular complexity index is 291. The molecule has 0 aromatic heterocycles. The number of carboxylic acid groups (broad SMARTS) is 1. The molecule has 1 aliphatic carbocycles. The largest absolute Gasteiger partial charge is 0.481 e. The molecule has 82 valence electrons. The van der Waals surface area contributed by atoms with Crippen LogP contribution < -0.4 is 0 Å². The number of carbonyl (C=O) groups is 1. The zero-order valence-corrected chi connectivity index (χ0v) is 8.85. The van der Waals surface area contributed by atoms with E-state index in [1.54, 1.807) is 7.11 Å². The Kier molecular flexibility index (Phi) is 4.84. The van der Waals surface area contributed by atoms with Gasteiger partial charge in [-0.3, -0.25) is 4.79 Å². The van der Waals surface area contributed by atoms with Crippen molar-refractivity contribution in [1.82, 2.24) is 0 Å². The van der Waals surface area contributed by atoms with E-state index < -0.39 is 5.97 Å². The van der Waals surface area contributed by atoms with Gasteiger partial charge < -0.3 is 9.84 Å². The fraction of sp³-hybridized carbons (Fsp3) is 0.417. The third-order valence-corrected chi connectivity index (χ3v) is 2.08. The first-order chi connectivity index (χ1) is 7.24. The highest BCUT2D eigenvalue weighted by Crippen LogP contribution is 2.28. The van der Waals surface area contributed by atoms with Crippen molar-refractivity contribution in [3.63, 3.8) is 0 Å². The van der Waals surface area contributed by atoms with E-state index in [9.17, 15) is 4.79 Å². The van der Waals surface area contributed by atoms with Crippen LogP contribution in [0.3, 0.4) is 0 Å². The van der Waals surface area contributed by atoms with Gasteiger partial charge in [0.1, 0.15) is 0 Å². The Hall–Kier alpha value is -1.35. The number of carboxylic acids is 1. The molecule has 0 bridgehead atoms. The van der Waals surface area contributed by atoms with Gasteiger partial charge in [-0.05, 0) is 18.4 Å². The molecular weight excluding hydrogens is 192 g/mol. The second-order valence-electron chi connectivity index (χ2n) is 3.53. The molecule has 1 N–H and O–H groups in total. The van der Waals surface area contributed by atoms with Crippen LogP contribution in [0.4, 0.5) is 0 Å². The predicted octanol–water partition coefficient (Wildman–Crippen LogP) is 2.31. The molecule has 1 fully saturated rings. The van der Waals surface area contributed by atoms with Crippen molar-refractivity contribution in [3.05, 3.63) is 35.9 Å². The summed E-state index contributed by atoms with van der Waals surface area (Å²) in [6.07, 6.45) is 1.80. The molecule has 2 rings (SSSR count). The Morgan fingerprint density at radius 1 is 1.40 bits per heavy atom. The molecule has 3 heteroatoms. The van der Waals surface area contributed by atoms with Gasteiger partial charge in [-0.1, -0.05) is 30.3 Å². The molecule has 0 unspecified atom stereocenters. The minimum Gasteiger partial charge on any atom is -0.481 e. The van der Waals surface area contributed by atoms with E-state index in [-0.39, 0.29) is 5.92 Å². The van der Waals surface area contributed by atoms with Crippen LogP contribution in [0.1, 0.15) is 18.4 Å². The van der Waals surface area contributed by atoms with Crippen molar-refractivity contribution in [1.29, 1.82) is 0 Å². The molecule has 1 aliphatic rings. The summed E-state index contributed by atoms with van der Waals surface area (Å²) >= 11 is 0. The lowest BCUT2D eigenvalue weighted by Crippen LogP contribution is -1.94. The van der Waals surface area contributed by atoms with Crippen molar-refractivity contribution in [2.75, 3.05) is 7.11 Å². The number of hydrogen-bond acceptors (Lipinski definition) is 2. The van der Waals surface area contributed by atoms with Gasteiger partial charge >= 0.3 is 5.97 Å². The van der Waals surface area contributed by atoms with Crippen LogP contribution >= 0.6 is 0 Å². The molecule has 0 heterocycles. The monoisotopic (exact) mass is 208 g/mol. The van der Waals surface area contributed by atoms with Crippen LogP contribution in [-0.4, -0.2) is 18.2 Å². The van der Waals surface area contributed by atoms with Gasteiger partial charge in [0.05, 0.1) is 12.5 Å². The zero-order chi connectivity index (χ0) is 11.1. The molecule has 0 aliphatic heterocycles. The zero-order valence-electron chi connectivity index (χ0n) is 8.85. The second-order valence-corrected chi connectivity index (χ2v) is 3.53. The van der Waals surface area contributed by atoms with Crippen molar-refractivity contribution >= 4 is 5.97 Å². The van der Waals surface area contributed by atoms with Gasteiger partial charge in [-0.15, -0.1) is 0 Å². The van der Waals surface area contributed by atoms with E-state index in [1.807, 2.05) is 30.3 Å². The fourth-order valence-electron chi connectivity index (χ4n) is 1.07. The van der Waals surface area contributed by atoms with Crippen molar-refractivity contribution < 1.29 is 14.6 Å². The summed E-state index contributed by atoms with van der Waals surface area (Å²) in [6.45, 7) is 0.709. The van der Waals surface area contributed by atoms with E-state index in [4.69, 9.17) is 9.84 Å². The van der Waals surface area contributed by atoms with Crippen molar-refractivity contribution in [2.45, 2.75) is 19.4 Å². The predicted molar refractivity (Wildman–Crippen MR) is 57.5 cm³/mol. The maximum absolute atomic E-state index is 9.76. The SMILES string of the molecule is COCc1ccccc1.O=C(O)C1CC1. The molecule has 3 nitrogen and oxygen atoms in total. The number of aliphatic carboxylic acids is 1. The van der Waals surface area contributed by atoms with E-state index in [0.29, 0.717) is 6.61 Å². The number of rotatable bonds is 3. The Morgan fingerprint density at radius 2 is 2.00 bits per heavy atom. The van der Waals surface area contributed by atoms with Crippen LogP contribution in [0.15, 0.2) is 30.3 Å². The quantitative estimate of drug-likeness (QED) is 0.829. The molecule has 15 heavy (non-hydrogen) atoms. The molecule has 0 saturated heterocycles. The van der Waals surface area contributed by atoms with Crippen molar-refractivity contribution in [3.8, 4) is 0 Å². The lowest BCUT2D eigenvalue weighted by molar-refractivity contribution is -0.138. The van der Waals surface area contributed by atoms with Crippen LogP contribution in [0.2, 0.25) is 0 Å². The van der Waals surface area contributed by atoms with Gasteiger partial charge in [0.25, 0.3) is 0 Å². The number of ether oxygens (including phenoxy) is 1. The van der Waals surface area contributed by atoms with Crippen LogP contribution in [0.25, 0.3) is 0 Å². The van der Waals surface area contributed by atoms with Crippen molar-refractivity contribution in [2.24, 2.45) is 5.92 Å². The van der Waals surface area contributed by atoms with Gasteiger partial charge in [0, 0.05) is 7.11 Å². The van der Waals surface area contributed by atoms with E-state index in [2.05, 4.69) is 0 Å². The summed E-state index contributed by atoms with van der Waals surface area (Å²) in [6, 6.07) is 10.1. The smallest absolute Gasteiger partial charge is 0.306 e. The highest BCUT2D eigenvalue weighted by molar-refractivity contribution is 5.72. The second kappa shape index (κ2) is 6.19. The average molecular weight is 208 g/mol. The molecule has 0 atom stereocenters. The van der Waals surface area contributed by atoms with E-state index in [1.165, 1.54) is 5.56 Å². The summed E-state index contributed by atoms with van der Waals surface area (Å²) in [7, 11) is 1.70. The van der Waals surface area contributed by atoms with Crippen LogP contribution in [0.5, 0.6) is 0 Å². The molecule has 1 saturated carbocycles. The topological polar surface area (TPSA) is 46.5 Å². The van der Waals surface area contributed by atoms with E-state index >= 15 is 0 Å². The lowest BCUT2D eigenvalue weighted by atomic mass is 10.2. The normalized spacial score (nSPS) is 13.9. The van der Waals surface area contributed by atoms with Gasteiger partial charge in [0.2, 0.25) is 0 Å². The minimum absolute atomic E-state index is 0.0185. The summed E-state index contributed by atoms with van der Waals surface area (Å²) < 4.78 is 4.93. The fourth-order valence-corrected chi connectivity index (χ4v) is 1.07. The van der Waals surface area contributed by atoms with Gasteiger partial charge in [-0.25, -0.2) is 0 Å². The average Bonchev–Trinajstić information content (AvgIpc) is 3.04. The molecule has 0 spiro atoms. The standard InChI is InChI=1S/C8H10O.C4H6O2/c1-9-7-8-5-3-2-4-6-8;5-4(6)3-1-2-3/h2-6H,7H2,1H3;3H,1-2H2,(H,5,6). The van der Waals surface area contributed by atoms with Gasteiger partial charge in [0.15, 0.2) is 0 Å². The first-order valence-electron chi connectivity index (χ1n) is 4.99. The molecular formula is C12H16O3.